The zero-order valence-corrected chi connectivity index (χ0v) is 11.1. The molecule has 0 aromatic heterocycles. The third-order valence-corrected chi connectivity index (χ3v) is 3.98. The van der Waals surface area contributed by atoms with Crippen molar-refractivity contribution in [1.82, 2.24) is 0 Å². The Labute approximate surface area is 109 Å². The molecule has 2 nitrogen and oxygen atoms in total. The topological polar surface area (TPSA) is 26.3 Å². The number of ether oxygens (including phenoxy) is 1. The molecule has 0 atom stereocenters. The fraction of sp³-hybridized carbons (Fsp3) is 0.562. The minimum absolute atomic E-state index is 0.00611. The number of rotatable bonds is 4. The Morgan fingerprint density at radius 3 is 2.44 bits per heavy atom. The van der Waals surface area contributed by atoms with Crippen LogP contribution in [0, 0.1) is 11.8 Å². The van der Waals surface area contributed by atoms with E-state index in [1.165, 1.54) is 19.3 Å². The van der Waals surface area contributed by atoms with Gasteiger partial charge in [-0.2, -0.15) is 0 Å². The van der Waals surface area contributed by atoms with Gasteiger partial charge in [-0.3, -0.25) is 4.79 Å². The van der Waals surface area contributed by atoms with Gasteiger partial charge in [0.1, 0.15) is 6.61 Å². The van der Waals surface area contributed by atoms with E-state index in [9.17, 15) is 4.79 Å². The molecule has 1 fully saturated rings. The van der Waals surface area contributed by atoms with E-state index in [0.717, 1.165) is 24.3 Å². The van der Waals surface area contributed by atoms with Crippen molar-refractivity contribution >= 4 is 5.97 Å². The first kappa shape index (κ1) is 13.1. The van der Waals surface area contributed by atoms with Gasteiger partial charge in [0.05, 0.1) is 5.92 Å². The Kier molecular flexibility index (Phi) is 4.80. The van der Waals surface area contributed by atoms with Gasteiger partial charge in [0.15, 0.2) is 0 Å². The van der Waals surface area contributed by atoms with Crippen molar-refractivity contribution in [2.75, 3.05) is 0 Å². The van der Waals surface area contributed by atoms with Crippen molar-refractivity contribution < 1.29 is 9.53 Å². The average molecular weight is 246 g/mol. The van der Waals surface area contributed by atoms with Crippen molar-refractivity contribution in [2.24, 2.45) is 11.8 Å². The monoisotopic (exact) mass is 246 g/mol. The van der Waals surface area contributed by atoms with E-state index in [0.29, 0.717) is 6.61 Å². The molecule has 1 aromatic rings. The molecule has 2 rings (SSSR count). The first-order chi connectivity index (χ1) is 8.79. The zero-order chi connectivity index (χ0) is 12.8. The van der Waals surface area contributed by atoms with E-state index in [4.69, 9.17) is 4.74 Å². The summed E-state index contributed by atoms with van der Waals surface area (Å²) in [5.41, 5.74) is 1.06. The maximum absolute atomic E-state index is 11.9. The molecule has 0 heterocycles. The summed E-state index contributed by atoms with van der Waals surface area (Å²) < 4.78 is 5.40. The van der Waals surface area contributed by atoms with E-state index in [1.807, 2.05) is 30.3 Å². The van der Waals surface area contributed by atoms with Gasteiger partial charge in [-0.1, -0.05) is 43.7 Å². The van der Waals surface area contributed by atoms with Crippen LogP contribution in [0.2, 0.25) is 0 Å². The number of hydrogen-bond donors (Lipinski definition) is 0. The largest absolute Gasteiger partial charge is 0.461 e. The molecule has 18 heavy (non-hydrogen) atoms. The molecule has 1 aliphatic rings. The summed E-state index contributed by atoms with van der Waals surface area (Å²) in [4.78, 5) is 11.9. The van der Waals surface area contributed by atoms with Gasteiger partial charge >= 0.3 is 5.97 Å². The summed E-state index contributed by atoms with van der Waals surface area (Å²) >= 11 is 0. The standard InChI is InChI=1S/C16H22O2/c1-2-13-8-10-15(11-9-13)16(17)18-12-14-6-4-3-5-7-14/h3-7,13,15H,2,8-12H2,1H3/t13-,15+. The van der Waals surface area contributed by atoms with Crippen LogP contribution in [-0.2, 0) is 16.1 Å². The molecule has 1 aliphatic carbocycles. The quantitative estimate of drug-likeness (QED) is 0.752. The second-order valence-corrected chi connectivity index (χ2v) is 5.22. The maximum Gasteiger partial charge on any atom is 0.309 e. The number of carbonyl (C=O) groups is 1. The van der Waals surface area contributed by atoms with Crippen LogP contribution in [0.25, 0.3) is 0 Å². The Morgan fingerprint density at radius 1 is 1.17 bits per heavy atom. The van der Waals surface area contributed by atoms with Gasteiger partial charge in [-0.25, -0.2) is 0 Å². The van der Waals surface area contributed by atoms with Crippen LogP contribution in [0.1, 0.15) is 44.6 Å². The number of carbonyl (C=O) groups excluding carboxylic acids is 1. The molecule has 0 N–H and O–H groups in total. The average Bonchev–Trinajstić information content (AvgIpc) is 2.46. The van der Waals surface area contributed by atoms with Crippen LogP contribution in [0.5, 0.6) is 0 Å². The van der Waals surface area contributed by atoms with E-state index >= 15 is 0 Å². The van der Waals surface area contributed by atoms with Gasteiger partial charge in [-0.05, 0) is 37.2 Å². The van der Waals surface area contributed by atoms with Crippen LogP contribution in [0.3, 0.4) is 0 Å². The molecule has 0 saturated heterocycles. The first-order valence-corrected chi connectivity index (χ1v) is 7.00. The summed E-state index contributed by atoms with van der Waals surface area (Å²) in [6.45, 7) is 2.64. The fourth-order valence-electron chi connectivity index (χ4n) is 2.65. The van der Waals surface area contributed by atoms with Gasteiger partial charge in [-0.15, -0.1) is 0 Å². The van der Waals surface area contributed by atoms with Crippen LogP contribution < -0.4 is 0 Å². The van der Waals surface area contributed by atoms with E-state index in [2.05, 4.69) is 6.92 Å². The highest BCUT2D eigenvalue weighted by Gasteiger charge is 2.26. The normalized spacial score (nSPS) is 23.6. The molecular weight excluding hydrogens is 224 g/mol. The smallest absolute Gasteiger partial charge is 0.309 e. The van der Waals surface area contributed by atoms with Crippen LogP contribution in [0.15, 0.2) is 30.3 Å². The highest BCUT2D eigenvalue weighted by Crippen LogP contribution is 2.31. The molecule has 0 spiro atoms. The van der Waals surface area contributed by atoms with Crippen molar-refractivity contribution in [1.29, 1.82) is 0 Å². The molecule has 2 heteroatoms. The summed E-state index contributed by atoms with van der Waals surface area (Å²) in [7, 11) is 0. The van der Waals surface area contributed by atoms with Crippen molar-refractivity contribution in [2.45, 2.75) is 45.6 Å². The lowest BCUT2D eigenvalue weighted by atomic mass is 9.81. The molecule has 0 amide bonds. The van der Waals surface area contributed by atoms with Gasteiger partial charge < -0.3 is 4.74 Å². The minimum atomic E-state index is -0.00611. The van der Waals surface area contributed by atoms with Gasteiger partial charge in [0.2, 0.25) is 0 Å². The predicted molar refractivity (Wildman–Crippen MR) is 72.0 cm³/mol. The summed E-state index contributed by atoms with van der Waals surface area (Å²) in [6.07, 6.45) is 5.62. The molecular formula is C16H22O2. The lowest BCUT2D eigenvalue weighted by molar-refractivity contribution is -0.151. The molecule has 1 saturated carbocycles. The third kappa shape index (κ3) is 3.59. The summed E-state index contributed by atoms with van der Waals surface area (Å²) in [5.74, 6) is 0.952. The van der Waals surface area contributed by atoms with E-state index < -0.39 is 0 Å². The van der Waals surface area contributed by atoms with Crippen LogP contribution in [-0.4, -0.2) is 5.97 Å². The van der Waals surface area contributed by atoms with Gasteiger partial charge in [0.25, 0.3) is 0 Å². The Bertz CT molecular complexity index is 364. The highest BCUT2D eigenvalue weighted by molar-refractivity contribution is 5.72. The predicted octanol–water partition coefficient (Wildman–Crippen LogP) is 3.95. The zero-order valence-electron chi connectivity index (χ0n) is 11.1. The second-order valence-electron chi connectivity index (χ2n) is 5.22. The van der Waals surface area contributed by atoms with E-state index in [1.54, 1.807) is 0 Å². The fourth-order valence-corrected chi connectivity index (χ4v) is 2.65. The SMILES string of the molecule is CC[C@H]1CC[C@@H](C(=O)OCc2ccccc2)CC1. The van der Waals surface area contributed by atoms with Crippen molar-refractivity contribution in [3.05, 3.63) is 35.9 Å². The molecule has 98 valence electrons. The van der Waals surface area contributed by atoms with Gasteiger partial charge in [0, 0.05) is 0 Å². The second kappa shape index (κ2) is 6.58. The lowest BCUT2D eigenvalue weighted by Gasteiger charge is -2.26. The lowest BCUT2D eigenvalue weighted by Crippen LogP contribution is -2.23. The highest BCUT2D eigenvalue weighted by atomic mass is 16.5. The summed E-state index contributed by atoms with van der Waals surface area (Å²) in [5, 5.41) is 0. The molecule has 1 aromatic carbocycles. The molecule has 0 radical (unpaired) electrons. The van der Waals surface area contributed by atoms with Crippen LogP contribution >= 0.6 is 0 Å². The molecule has 0 bridgehead atoms. The Morgan fingerprint density at radius 2 is 1.83 bits per heavy atom. The van der Waals surface area contributed by atoms with Crippen molar-refractivity contribution in [3.63, 3.8) is 0 Å². The number of hydrogen-bond acceptors (Lipinski definition) is 2. The first-order valence-electron chi connectivity index (χ1n) is 7.00. The number of esters is 1. The van der Waals surface area contributed by atoms with Crippen LogP contribution in [0.4, 0.5) is 0 Å². The van der Waals surface area contributed by atoms with E-state index in [-0.39, 0.29) is 11.9 Å². The molecule has 0 aliphatic heterocycles. The maximum atomic E-state index is 11.9. The Hall–Kier alpha value is -1.31. The minimum Gasteiger partial charge on any atom is -0.461 e. The Balaban J connectivity index is 1.75. The summed E-state index contributed by atoms with van der Waals surface area (Å²) in [6, 6.07) is 9.88. The molecule has 0 unspecified atom stereocenters. The van der Waals surface area contributed by atoms with Crippen molar-refractivity contribution in [3.8, 4) is 0 Å². The third-order valence-electron chi connectivity index (χ3n) is 3.98. The number of benzene rings is 1.